The molecule has 1 fully saturated rings. The Bertz CT molecular complexity index is 589. The van der Waals surface area contributed by atoms with Crippen molar-refractivity contribution in [1.29, 1.82) is 0 Å². The summed E-state index contributed by atoms with van der Waals surface area (Å²) in [5.74, 6) is 0.541. The van der Waals surface area contributed by atoms with Crippen LogP contribution in [0, 0.1) is 5.82 Å². The van der Waals surface area contributed by atoms with E-state index in [1.807, 2.05) is 12.1 Å². The topological polar surface area (TPSA) is 48.9 Å². The molecule has 2 N–H and O–H groups in total. The maximum Gasteiger partial charge on any atom is 0.191 e. The van der Waals surface area contributed by atoms with E-state index < -0.39 is 0 Å². The van der Waals surface area contributed by atoms with Crippen LogP contribution in [0.1, 0.15) is 24.0 Å². The average molecular weight is 476 g/mol. The summed E-state index contributed by atoms with van der Waals surface area (Å²) >= 11 is 0. The molecule has 1 heterocycles. The van der Waals surface area contributed by atoms with Crippen molar-refractivity contribution < 1.29 is 9.13 Å². The van der Waals surface area contributed by atoms with Gasteiger partial charge in [-0.1, -0.05) is 12.1 Å². The highest BCUT2D eigenvalue weighted by Gasteiger charge is 2.19. The maximum absolute atomic E-state index is 13.7. The SMILES string of the molecule is C=CCN1CCC(NC(=NC)NCc2ccc(F)c(COC)c2)CC1.I. The molecule has 1 saturated heterocycles. The van der Waals surface area contributed by atoms with Gasteiger partial charge in [0.1, 0.15) is 5.82 Å². The smallest absolute Gasteiger partial charge is 0.191 e. The molecule has 0 amide bonds. The molecule has 7 heteroatoms. The van der Waals surface area contributed by atoms with Crippen molar-refractivity contribution in [2.24, 2.45) is 4.99 Å². The van der Waals surface area contributed by atoms with Gasteiger partial charge in [-0.15, -0.1) is 30.6 Å². The van der Waals surface area contributed by atoms with Gasteiger partial charge in [0.2, 0.25) is 0 Å². The number of methoxy groups -OCH3 is 1. The van der Waals surface area contributed by atoms with Gasteiger partial charge in [0.05, 0.1) is 6.61 Å². The zero-order valence-corrected chi connectivity index (χ0v) is 18.0. The average Bonchev–Trinajstić information content (AvgIpc) is 2.63. The Morgan fingerprint density at radius 1 is 1.42 bits per heavy atom. The summed E-state index contributed by atoms with van der Waals surface area (Å²) in [7, 11) is 3.33. The summed E-state index contributed by atoms with van der Waals surface area (Å²) in [6.45, 7) is 7.75. The van der Waals surface area contributed by atoms with E-state index in [1.165, 1.54) is 6.07 Å². The van der Waals surface area contributed by atoms with E-state index in [0.29, 0.717) is 18.2 Å². The lowest BCUT2D eigenvalue weighted by Crippen LogP contribution is -2.48. The van der Waals surface area contributed by atoms with Crippen molar-refractivity contribution in [2.75, 3.05) is 33.8 Å². The molecule has 5 nitrogen and oxygen atoms in total. The van der Waals surface area contributed by atoms with Crippen LogP contribution in [0.25, 0.3) is 0 Å². The van der Waals surface area contributed by atoms with Gasteiger partial charge in [-0.05, 0) is 30.5 Å². The van der Waals surface area contributed by atoms with Gasteiger partial charge >= 0.3 is 0 Å². The normalized spacial score (nSPS) is 16.0. The third-order valence-electron chi connectivity index (χ3n) is 4.41. The van der Waals surface area contributed by atoms with Gasteiger partial charge in [-0.2, -0.15) is 0 Å². The van der Waals surface area contributed by atoms with E-state index in [-0.39, 0.29) is 36.4 Å². The molecule has 0 spiro atoms. The number of nitrogens with zero attached hydrogens (tertiary/aromatic N) is 2. The molecule has 1 aliphatic rings. The summed E-state index contributed by atoms with van der Waals surface area (Å²) in [5.41, 5.74) is 1.57. The molecule has 1 aromatic carbocycles. The number of benzene rings is 1. The van der Waals surface area contributed by atoms with Crippen molar-refractivity contribution in [3.63, 3.8) is 0 Å². The number of ether oxygens (including phenoxy) is 1. The molecule has 146 valence electrons. The van der Waals surface area contributed by atoms with Crippen molar-refractivity contribution in [3.05, 3.63) is 47.8 Å². The van der Waals surface area contributed by atoms with Crippen LogP contribution in [-0.4, -0.2) is 50.7 Å². The first kappa shape index (κ1) is 22.9. The second-order valence-electron chi connectivity index (χ2n) is 6.29. The molecule has 0 radical (unpaired) electrons. The molecular weight excluding hydrogens is 446 g/mol. The first-order chi connectivity index (χ1) is 12.2. The number of aliphatic imine (C=N–C) groups is 1. The molecule has 0 aromatic heterocycles. The highest BCUT2D eigenvalue weighted by molar-refractivity contribution is 14.0. The Morgan fingerprint density at radius 2 is 2.15 bits per heavy atom. The number of nitrogens with one attached hydrogen (secondary N) is 2. The van der Waals surface area contributed by atoms with Gasteiger partial charge in [0.15, 0.2) is 5.96 Å². The van der Waals surface area contributed by atoms with Gasteiger partial charge in [0, 0.05) is 51.9 Å². The van der Waals surface area contributed by atoms with Crippen LogP contribution in [0.4, 0.5) is 4.39 Å². The molecule has 0 saturated carbocycles. The van der Waals surface area contributed by atoms with Crippen molar-refractivity contribution in [3.8, 4) is 0 Å². The van der Waals surface area contributed by atoms with Crippen molar-refractivity contribution >= 4 is 29.9 Å². The zero-order valence-electron chi connectivity index (χ0n) is 15.6. The van der Waals surface area contributed by atoms with Crippen LogP contribution in [-0.2, 0) is 17.9 Å². The van der Waals surface area contributed by atoms with Gasteiger partial charge in [-0.25, -0.2) is 4.39 Å². The third-order valence-corrected chi connectivity index (χ3v) is 4.41. The Kier molecular flexibility index (Phi) is 10.8. The van der Waals surface area contributed by atoms with Gasteiger partial charge in [0.25, 0.3) is 0 Å². The summed E-state index contributed by atoms with van der Waals surface area (Å²) in [4.78, 5) is 6.69. The van der Waals surface area contributed by atoms with Crippen LogP contribution in [0.2, 0.25) is 0 Å². The Morgan fingerprint density at radius 3 is 2.77 bits per heavy atom. The molecule has 0 bridgehead atoms. The quantitative estimate of drug-likeness (QED) is 0.275. The van der Waals surface area contributed by atoms with Crippen LogP contribution >= 0.6 is 24.0 Å². The summed E-state index contributed by atoms with van der Waals surface area (Å²) in [5, 5.41) is 6.78. The highest BCUT2D eigenvalue weighted by atomic mass is 127. The number of hydrogen-bond acceptors (Lipinski definition) is 3. The highest BCUT2D eigenvalue weighted by Crippen LogP contribution is 2.12. The fourth-order valence-electron chi connectivity index (χ4n) is 3.02. The lowest BCUT2D eigenvalue weighted by molar-refractivity contribution is 0.181. The molecule has 0 aliphatic carbocycles. The zero-order chi connectivity index (χ0) is 18.1. The van der Waals surface area contributed by atoms with E-state index in [1.54, 1.807) is 20.2 Å². The molecule has 0 unspecified atom stereocenters. The molecule has 2 rings (SSSR count). The number of piperidine rings is 1. The maximum atomic E-state index is 13.7. The lowest BCUT2D eigenvalue weighted by atomic mass is 10.1. The largest absolute Gasteiger partial charge is 0.380 e. The molecular formula is C19H30FIN4O. The monoisotopic (exact) mass is 476 g/mol. The summed E-state index contributed by atoms with van der Waals surface area (Å²) in [6, 6.07) is 5.51. The number of hydrogen-bond donors (Lipinski definition) is 2. The van der Waals surface area contributed by atoms with E-state index in [2.05, 4.69) is 27.1 Å². The number of likely N-dealkylation sites (tertiary alicyclic amines) is 1. The van der Waals surface area contributed by atoms with E-state index >= 15 is 0 Å². The molecule has 1 aromatic rings. The standard InChI is InChI=1S/C19H29FN4O.HI/c1-4-9-24-10-7-17(8-11-24)23-19(21-2)22-13-15-5-6-18(20)16(12-15)14-25-3;/h4-6,12,17H,1,7-11,13-14H2,2-3H3,(H2,21,22,23);1H. The summed E-state index contributed by atoms with van der Waals surface area (Å²) < 4.78 is 18.7. The first-order valence-electron chi connectivity index (χ1n) is 8.73. The minimum Gasteiger partial charge on any atom is -0.380 e. The van der Waals surface area contributed by atoms with Crippen LogP contribution < -0.4 is 10.6 Å². The van der Waals surface area contributed by atoms with Crippen LogP contribution in [0.5, 0.6) is 0 Å². The second kappa shape index (κ2) is 12.2. The number of rotatable bonds is 7. The van der Waals surface area contributed by atoms with Crippen molar-refractivity contribution in [1.82, 2.24) is 15.5 Å². The van der Waals surface area contributed by atoms with Gasteiger partial charge < -0.3 is 15.4 Å². The Balaban J connectivity index is 0.00000338. The van der Waals surface area contributed by atoms with E-state index in [0.717, 1.165) is 44.0 Å². The molecule has 0 atom stereocenters. The lowest BCUT2D eigenvalue weighted by Gasteiger charge is -2.32. The Labute approximate surface area is 173 Å². The first-order valence-corrected chi connectivity index (χ1v) is 8.73. The predicted octanol–water partition coefficient (Wildman–Crippen LogP) is 2.91. The van der Waals surface area contributed by atoms with E-state index in [9.17, 15) is 4.39 Å². The number of guanidine groups is 1. The second-order valence-corrected chi connectivity index (χ2v) is 6.29. The Hall–Kier alpha value is -1.19. The van der Waals surface area contributed by atoms with Gasteiger partial charge in [-0.3, -0.25) is 9.89 Å². The van der Waals surface area contributed by atoms with Crippen molar-refractivity contribution in [2.45, 2.75) is 32.0 Å². The van der Waals surface area contributed by atoms with Crippen LogP contribution in [0.15, 0.2) is 35.8 Å². The summed E-state index contributed by atoms with van der Waals surface area (Å²) in [6.07, 6.45) is 4.13. The van der Waals surface area contributed by atoms with E-state index in [4.69, 9.17) is 4.74 Å². The fraction of sp³-hybridized carbons (Fsp3) is 0.526. The van der Waals surface area contributed by atoms with Crippen LogP contribution in [0.3, 0.4) is 0 Å². The minimum atomic E-state index is -0.237. The minimum absolute atomic E-state index is 0. The molecule has 1 aliphatic heterocycles. The predicted molar refractivity (Wildman–Crippen MR) is 116 cm³/mol. The number of halogens is 2. The molecule has 26 heavy (non-hydrogen) atoms. The third kappa shape index (κ3) is 7.20. The fourth-order valence-corrected chi connectivity index (χ4v) is 3.02.